The SMILES string of the molecule is CN(Cc1ccccc1)c1cc(Cl)nc(SCc2ccc(C(=O)N3CCC(Cc4ccccc4)CC3)cc2)n1. The van der Waals surface area contributed by atoms with E-state index < -0.39 is 0 Å². The molecule has 1 saturated heterocycles. The van der Waals surface area contributed by atoms with E-state index in [4.69, 9.17) is 16.6 Å². The highest BCUT2D eigenvalue weighted by atomic mass is 35.5. The third-order valence-corrected chi connectivity index (χ3v) is 8.26. The van der Waals surface area contributed by atoms with Gasteiger partial charge in [-0.1, -0.05) is 96.2 Å². The van der Waals surface area contributed by atoms with Gasteiger partial charge in [0.2, 0.25) is 0 Å². The Morgan fingerprint density at radius 2 is 1.54 bits per heavy atom. The van der Waals surface area contributed by atoms with E-state index in [2.05, 4.69) is 52.3 Å². The second kappa shape index (κ2) is 13.1. The number of benzene rings is 3. The highest BCUT2D eigenvalue weighted by Gasteiger charge is 2.23. The topological polar surface area (TPSA) is 49.3 Å². The molecule has 1 aliphatic rings. The van der Waals surface area contributed by atoms with Gasteiger partial charge in [-0.05, 0) is 54.0 Å². The summed E-state index contributed by atoms with van der Waals surface area (Å²) in [6.07, 6.45) is 3.20. The lowest BCUT2D eigenvalue weighted by Crippen LogP contribution is -2.38. The average Bonchev–Trinajstić information content (AvgIpc) is 2.97. The first-order valence-electron chi connectivity index (χ1n) is 13.4. The van der Waals surface area contributed by atoms with Gasteiger partial charge in [-0.15, -0.1) is 0 Å². The van der Waals surface area contributed by atoms with Crippen molar-refractivity contribution in [2.24, 2.45) is 5.92 Å². The van der Waals surface area contributed by atoms with Crippen LogP contribution in [0.4, 0.5) is 5.82 Å². The number of hydrogen-bond donors (Lipinski definition) is 0. The summed E-state index contributed by atoms with van der Waals surface area (Å²) < 4.78 is 0. The minimum atomic E-state index is 0.122. The van der Waals surface area contributed by atoms with Crippen LogP contribution >= 0.6 is 23.4 Å². The van der Waals surface area contributed by atoms with Crippen LogP contribution in [0.1, 0.15) is 39.9 Å². The Morgan fingerprint density at radius 3 is 2.21 bits per heavy atom. The molecule has 0 N–H and O–H groups in total. The Morgan fingerprint density at radius 1 is 0.897 bits per heavy atom. The van der Waals surface area contributed by atoms with Crippen LogP contribution in [0.5, 0.6) is 0 Å². The van der Waals surface area contributed by atoms with Gasteiger partial charge in [-0.25, -0.2) is 9.97 Å². The minimum Gasteiger partial charge on any atom is -0.355 e. The van der Waals surface area contributed by atoms with Gasteiger partial charge in [0, 0.05) is 44.1 Å². The molecule has 1 aliphatic heterocycles. The zero-order valence-electron chi connectivity index (χ0n) is 22.2. The average molecular weight is 557 g/mol. The molecule has 0 aliphatic carbocycles. The molecule has 1 amide bonds. The maximum atomic E-state index is 13.1. The van der Waals surface area contributed by atoms with Gasteiger partial charge in [0.25, 0.3) is 5.91 Å². The van der Waals surface area contributed by atoms with E-state index in [-0.39, 0.29) is 5.91 Å². The Labute approximate surface area is 240 Å². The molecular weight excluding hydrogens is 524 g/mol. The maximum Gasteiger partial charge on any atom is 0.253 e. The number of anilines is 1. The molecule has 0 atom stereocenters. The van der Waals surface area contributed by atoms with Gasteiger partial charge in [-0.2, -0.15) is 0 Å². The molecule has 1 aromatic heterocycles. The third kappa shape index (κ3) is 7.61. The molecule has 2 heterocycles. The molecule has 0 radical (unpaired) electrons. The number of likely N-dealkylation sites (tertiary alicyclic amines) is 1. The van der Waals surface area contributed by atoms with E-state index in [1.54, 1.807) is 17.8 Å². The Hall–Kier alpha value is -3.35. The molecule has 1 fully saturated rings. The summed E-state index contributed by atoms with van der Waals surface area (Å²) in [5.41, 5.74) is 4.44. The van der Waals surface area contributed by atoms with E-state index in [0.29, 0.717) is 22.0 Å². The van der Waals surface area contributed by atoms with Crippen molar-refractivity contribution in [3.05, 3.63) is 118 Å². The zero-order valence-corrected chi connectivity index (χ0v) is 23.7. The fraction of sp³-hybridized carbons (Fsp3) is 0.281. The summed E-state index contributed by atoms with van der Waals surface area (Å²) in [5, 5.41) is 1.06. The number of piperidine rings is 1. The van der Waals surface area contributed by atoms with Crippen LogP contribution in [0.3, 0.4) is 0 Å². The summed E-state index contributed by atoms with van der Waals surface area (Å²) in [4.78, 5) is 26.3. The smallest absolute Gasteiger partial charge is 0.253 e. The van der Waals surface area contributed by atoms with E-state index in [9.17, 15) is 4.79 Å². The second-order valence-electron chi connectivity index (χ2n) is 10.1. The molecule has 7 heteroatoms. The molecule has 3 aromatic carbocycles. The number of thioether (sulfide) groups is 1. The summed E-state index contributed by atoms with van der Waals surface area (Å²) in [6, 6.07) is 30.6. The van der Waals surface area contributed by atoms with Crippen molar-refractivity contribution in [2.45, 2.75) is 36.7 Å². The first kappa shape index (κ1) is 27.2. The molecule has 5 nitrogen and oxygen atoms in total. The maximum absolute atomic E-state index is 13.1. The number of halogens is 1. The first-order valence-corrected chi connectivity index (χ1v) is 14.7. The number of nitrogens with zero attached hydrogens (tertiary/aromatic N) is 4. The van der Waals surface area contributed by atoms with Crippen molar-refractivity contribution in [3.8, 4) is 0 Å². The molecule has 4 aromatic rings. The summed E-state index contributed by atoms with van der Waals surface area (Å²) in [7, 11) is 2.00. The molecule has 0 saturated carbocycles. The van der Waals surface area contributed by atoms with Gasteiger partial charge in [0.15, 0.2) is 5.16 Å². The zero-order chi connectivity index (χ0) is 27.0. The molecule has 39 heavy (non-hydrogen) atoms. The molecule has 0 spiro atoms. The summed E-state index contributed by atoms with van der Waals surface area (Å²) in [5.74, 6) is 2.25. The van der Waals surface area contributed by atoms with Crippen LogP contribution in [0.25, 0.3) is 0 Å². The number of hydrogen-bond acceptors (Lipinski definition) is 5. The van der Waals surface area contributed by atoms with Crippen molar-refractivity contribution in [2.75, 3.05) is 25.0 Å². The van der Waals surface area contributed by atoms with Crippen LogP contribution in [-0.4, -0.2) is 40.9 Å². The number of aromatic nitrogens is 2. The lowest BCUT2D eigenvalue weighted by atomic mass is 9.90. The molecule has 0 bridgehead atoms. The number of carbonyl (C=O) groups excluding carboxylic acids is 1. The van der Waals surface area contributed by atoms with E-state index in [1.165, 1.54) is 11.1 Å². The van der Waals surface area contributed by atoms with E-state index >= 15 is 0 Å². The highest BCUT2D eigenvalue weighted by Crippen LogP contribution is 2.26. The fourth-order valence-corrected chi connectivity index (χ4v) is 5.98. The second-order valence-corrected chi connectivity index (χ2v) is 11.4. The first-order chi connectivity index (χ1) is 19.0. The lowest BCUT2D eigenvalue weighted by Gasteiger charge is -2.32. The van der Waals surface area contributed by atoms with Gasteiger partial charge in [-0.3, -0.25) is 4.79 Å². The highest BCUT2D eigenvalue weighted by molar-refractivity contribution is 7.98. The van der Waals surface area contributed by atoms with Gasteiger partial charge >= 0.3 is 0 Å². The van der Waals surface area contributed by atoms with Gasteiger partial charge in [0.05, 0.1) is 0 Å². The molecule has 0 unspecified atom stereocenters. The van der Waals surface area contributed by atoms with Crippen molar-refractivity contribution in [1.82, 2.24) is 14.9 Å². The van der Waals surface area contributed by atoms with Crippen LogP contribution in [-0.2, 0) is 18.7 Å². The van der Waals surface area contributed by atoms with Crippen LogP contribution in [0.2, 0.25) is 5.15 Å². The molecule has 200 valence electrons. The number of amides is 1. The standard InChI is InChI=1S/C32H33ClN4OS/c1-36(22-26-10-6-3-7-11-26)30-21-29(33)34-32(35-30)39-23-27-12-14-28(15-13-27)31(38)37-18-16-25(17-19-37)20-24-8-4-2-5-9-24/h2-15,21,25H,16-20,22-23H2,1H3. The minimum absolute atomic E-state index is 0.122. The lowest BCUT2D eigenvalue weighted by molar-refractivity contribution is 0.0690. The number of carbonyl (C=O) groups is 1. The monoisotopic (exact) mass is 556 g/mol. The summed E-state index contributed by atoms with van der Waals surface area (Å²) in [6.45, 7) is 2.38. The quantitative estimate of drug-likeness (QED) is 0.124. The predicted molar refractivity (Wildman–Crippen MR) is 160 cm³/mol. The van der Waals surface area contributed by atoms with Gasteiger partial charge in [0.1, 0.15) is 11.0 Å². The van der Waals surface area contributed by atoms with Crippen LogP contribution < -0.4 is 4.90 Å². The van der Waals surface area contributed by atoms with Crippen LogP contribution in [0, 0.1) is 5.92 Å². The van der Waals surface area contributed by atoms with E-state index in [1.807, 2.05) is 54.4 Å². The Kier molecular flexibility index (Phi) is 9.17. The van der Waals surface area contributed by atoms with Crippen LogP contribution in [0.15, 0.2) is 96.2 Å². The molecule has 5 rings (SSSR count). The van der Waals surface area contributed by atoms with E-state index in [0.717, 1.165) is 55.8 Å². The summed E-state index contributed by atoms with van der Waals surface area (Å²) >= 11 is 7.86. The van der Waals surface area contributed by atoms with Crippen molar-refractivity contribution >= 4 is 35.1 Å². The van der Waals surface area contributed by atoms with Crippen molar-refractivity contribution in [3.63, 3.8) is 0 Å². The largest absolute Gasteiger partial charge is 0.355 e. The predicted octanol–water partition coefficient (Wildman–Crippen LogP) is 7.15. The van der Waals surface area contributed by atoms with Crippen molar-refractivity contribution < 1.29 is 4.79 Å². The van der Waals surface area contributed by atoms with Crippen molar-refractivity contribution in [1.29, 1.82) is 0 Å². The number of rotatable bonds is 9. The van der Waals surface area contributed by atoms with Gasteiger partial charge < -0.3 is 9.80 Å². The normalized spacial score (nSPS) is 13.8. The molecular formula is C32H33ClN4OS. The third-order valence-electron chi connectivity index (χ3n) is 7.15. The Balaban J connectivity index is 1.13. The Bertz CT molecular complexity index is 1360. The fourth-order valence-electron chi connectivity index (χ4n) is 4.95.